The lowest BCUT2D eigenvalue weighted by Gasteiger charge is -2.34. The van der Waals surface area contributed by atoms with Crippen molar-refractivity contribution in [3.8, 4) is 0 Å². The van der Waals surface area contributed by atoms with Crippen molar-refractivity contribution < 1.29 is 9.21 Å². The molecule has 1 amide bonds. The van der Waals surface area contributed by atoms with Gasteiger partial charge in [-0.1, -0.05) is 0 Å². The first kappa shape index (κ1) is 20.8. The number of amides is 1. The predicted octanol–water partition coefficient (Wildman–Crippen LogP) is 0.769. The van der Waals surface area contributed by atoms with Crippen LogP contribution in [0.25, 0.3) is 0 Å². The second-order valence-electron chi connectivity index (χ2n) is 5.60. The van der Waals surface area contributed by atoms with Gasteiger partial charge in [-0.25, -0.2) is 0 Å². The van der Waals surface area contributed by atoms with Crippen molar-refractivity contribution in [1.82, 2.24) is 20.4 Å². The minimum absolute atomic E-state index is 0. The smallest absolute Gasteiger partial charge is 0.219 e. The van der Waals surface area contributed by atoms with Gasteiger partial charge in [-0.2, -0.15) is 0 Å². The SMILES string of the molecule is CN=C(NCCc1ccco1)NCCN1CCN(C(C)=O)CC1.I. The molecule has 0 aliphatic carbocycles. The molecule has 1 fully saturated rings. The molecule has 0 aromatic carbocycles. The molecule has 0 radical (unpaired) electrons. The molecule has 1 aromatic rings. The molecule has 7 nitrogen and oxygen atoms in total. The summed E-state index contributed by atoms with van der Waals surface area (Å²) in [5, 5.41) is 6.59. The topological polar surface area (TPSA) is 73.1 Å². The number of hydrogen-bond acceptors (Lipinski definition) is 4. The van der Waals surface area contributed by atoms with Crippen LogP contribution in [-0.4, -0.2) is 74.5 Å². The number of aliphatic imine (C=N–C) groups is 1. The Labute approximate surface area is 160 Å². The number of nitrogens with one attached hydrogen (secondary N) is 2. The Hall–Kier alpha value is -1.29. The first-order chi connectivity index (χ1) is 11.2. The van der Waals surface area contributed by atoms with Gasteiger partial charge in [-0.05, 0) is 12.1 Å². The maximum absolute atomic E-state index is 11.3. The van der Waals surface area contributed by atoms with E-state index in [-0.39, 0.29) is 29.9 Å². The molecule has 0 spiro atoms. The van der Waals surface area contributed by atoms with Crippen LogP contribution in [0.2, 0.25) is 0 Å². The third-order valence-corrected chi connectivity index (χ3v) is 4.01. The van der Waals surface area contributed by atoms with Gasteiger partial charge in [0.15, 0.2) is 5.96 Å². The van der Waals surface area contributed by atoms with Crippen molar-refractivity contribution >= 4 is 35.8 Å². The zero-order valence-corrected chi connectivity index (χ0v) is 16.8. The van der Waals surface area contributed by atoms with Crippen molar-refractivity contribution in [3.63, 3.8) is 0 Å². The maximum Gasteiger partial charge on any atom is 0.219 e. The Bertz CT molecular complexity index is 499. The number of carbonyl (C=O) groups is 1. The summed E-state index contributed by atoms with van der Waals surface area (Å²) in [5.74, 6) is 1.94. The van der Waals surface area contributed by atoms with E-state index in [0.717, 1.165) is 64.0 Å². The monoisotopic (exact) mass is 449 g/mol. The van der Waals surface area contributed by atoms with Crippen molar-refractivity contribution in [3.05, 3.63) is 24.2 Å². The molecular formula is C16H28IN5O2. The normalized spacial score (nSPS) is 15.8. The molecule has 24 heavy (non-hydrogen) atoms. The van der Waals surface area contributed by atoms with Gasteiger partial charge in [-0.15, -0.1) is 24.0 Å². The third kappa shape index (κ3) is 7.08. The molecule has 1 saturated heterocycles. The lowest BCUT2D eigenvalue weighted by molar-refractivity contribution is -0.130. The van der Waals surface area contributed by atoms with E-state index in [1.807, 2.05) is 17.0 Å². The number of carbonyl (C=O) groups excluding carboxylic acids is 1. The number of piperazine rings is 1. The highest BCUT2D eigenvalue weighted by molar-refractivity contribution is 14.0. The Morgan fingerprint density at radius 1 is 1.25 bits per heavy atom. The zero-order valence-electron chi connectivity index (χ0n) is 14.5. The number of guanidine groups is 1. The van der Waals surface area contributed by atoms with Gasteiger partial charge in [0.1, 0.15) is 5.76 Å². The summed E-state index contributed by atoms with van der Waals surface area (Å²) in [6, 6.07) is 3.87. The van der Waals surface area contributed by atoms with Crippen LogP contribution in [0.3, 0.4) is 0 Å². The molecule has 0 unspecified atom stereocenters. The number of halogens is 1. The van der Waals surface area contributed by atoms with Crippen LogP contribution >= 0.6 is 24.0 Å². The minimum atomic E-state index is 0. The van der Waals surface area contributed by atoms with Crippen LogP contribution in [0.1, 0.15) is 12.7 Å². The average molecular weight is 449 g/mol. The molecular weight excluding hydrogens is 421 g/mol. The molecule has 1 aromatic heterocycles. The molecule has 2 rings (SSSR count). The second-order valence-corrected chi connectivity index (χ2v) is 5.60. The molecule has 2 heterocycles. The average Bonchev–Trinajstić information content (AvgIpc) is 3.07. The van der Waals surface area contributed by atoms with Crippen molar-refractivity contribution in [2.45, 2.75) is 13.3 Å². The van der Waals surface area contributed by atoms with Gasteiger partial charge < -0.3 is 20.0 Å². The highest BCUT2D eigenvalue weighted by Crippen LogP contribution is 2.01. The van der Waals surface area contributed by atoms with Crippen LogP contribution in [0, 0.1) is 0 Å². The van der Waals surface area contributed by atoms with Gasteiger partial charge in [0, 0.05) is 66.2 Å². The summed E-state index contributed by atoms with van der Waals surface area (Å²) in [6.07, 6.45) is 2.52. The van der Waals surface area contributed by atoms with E-state index < -0.39 is 0 Å². The number of rotatable bonds is 6. The van der Waals surface area contributed by atoms with E-state index in [1.165, 1.54) is 0 Å². The van der Waals surface area contributed by atoms with E-state index in [4.69, 9.17) is 4.42 Å². The third-order valence-electron chi connectivity index (χ3n) is 4.01. The van der Waals surface area contributed by atoms with E-state index >= 15 is 0 Å². The van der Waals surface area contributed by atoms with Gasteiger partial charge in [0.2, 0.25) is 5.91 Å². The summed E-state index contributed by atoms with van der Waals surface area (Å²) in [5.41, 5.74) is 0. The van der Waals surface area contributed by atoms with Gasteiger partial charge >= 0.3 is 0 Å². The van der Waals surface area contributed by atoms with Crippen molar-refractivity contribution in [2.75, 3.05) is 52.9 Å². The van der Waals surface area contributed by atoms with Crippen LogP contribution in [0.15, 0.2) is 27.8 Å². The van der Waals surface area contributed by atoms with Crippen LogP contribution in [0.4, 0.5) is 0 Å². The molecule has 136 valence electrons. The first-order valence-electron chi connectivity index (χ1n) is 8.14. The largest absolute Gasteiger partial charge is 0.469 e. The highest BCUT2D eigenvalue weighted by atomic mass is 127. The van der Waals surface area contributed by atoms with E-state index in [1.54, 1.807) is 20.2 Å². The Kier molecular flexibility index (Phi) is 9.77. The van der Waals surface area contributed by atoms with Gasteiger partial charge in [0.05, 0.1) is 6.26 Å². The van der Waals surface area contributed by atoms with Crippen LogP contribution < -0.4 is 10.6 Å². The molecule has 1 aliphatic heterocycles. The number of hydrogen-bond donors (Lipinski definition) is 2. The molecule has 8 heteroatoms. The number of furan rings is 1. The summed E-state index contributed by atoms with van der Waals surface area (Å²) in [4.78, 5) is 19.8. The zero-order chi connectivity index (χ0) is 16.5. The molecule has 1 aliphatic rings. The summed E-state index contributed by atoms with van der Waals surface area (Å²) in [6.45, 7) is 7.72. The van der Waals surface area contributed by atoms with Crippen LogP contribution in [-0.2, 0) is 11.2 Å². The summed E-state index contributed by atoms with van der Waals surface area (Å²) < 4.78 is 5.30. The number of nitrogens with zero attached hydrogens (tertiary/aromatic N) is 3. The molecule has 0 bridgehead atoms. The van der Waals surface area contributed by atoms with E-state index in [2.05, 4.69) is 20.5 Å². The quantitative estimate of drug-likeness (QED) is 0.382. The van der Waals surface area contributed by atoms with Crippen LogP contribution in [0.5, 0.6) is 0 Å². The molecule has 0 saturated carbocycles. The lowest BCUT2D eigenvalue weighted by atomic mass is 10.3. The van der Waals surface area contributed by atoms with Gasteiger partial charge in [0.25, 0.3) is 0 Å². The highest BCUT2D eigenvalue weighted by Gasteiger charge is 2.17. The van der Waals surface area contributed by atoms with E-state index in [9.17, 15) is 4.79 Å². The maximum atomic E-state index is 11.3. The second kappa shape index (κ2) is 11.3. The predicted molar refractivity (Wildman–Crippen MR) is 106 cm³/mol. The Balaban J connectivity index is 0.00000288. The minimum Gasteiger partial charge on any atom is -0.469 e. The lowest BCUT2D eigenvalue weighted by Crippen LogP contribution is -2.50. The van der Waals surface area contributed by atoms with Crippen molar-refractivity contribution in [1.29, 1.82) is 0 Å². The Morgan fingerprint density at radius 2 is 1.96 bits per heavy atom. The standard InChI is InChI=1S/C16H27N5O2.HI/c1-14(22)21-11-9-20(10-12-21)8-7-19-16(17-2)18-6-5-15-4-3-13-23-15;/h3-4,13H,5-12H2,1-2H3,(H2,17,18,19);1H. The molecule has 0 atom stereocenters. The van der Waals surface area contributed by atoms with Crippen molar-refractivity contribution in [2.24, 2.45) is 4.99 Å². The first-order valence-corrected chi connectivity index (χ1v) is 8.14. The van der Waals surface area contributed by atoms with Gasteiger partial charge in [-0.3, -0.25) is 14.7 Å². The fourth-order valence-corrected chi connectivity index (χ4v) is 2.60. The fourth-order valence-electron chi connectivity index (χ4n) is 2.60. The fraction of sp³-hybridized carbons (Fsp3) is 0.625. The van der Waals surface area contributed by atoms with E-state index in [0.29, 0.717) is 0 Å². The summed E-state index contributed by atoms with van der Waals surface area (Å²) >= 11 is 0. The molecule has 2 N–H and O–H groups in total. The Morgan fingerprint density at radius 3 is 2.54 bits per heavy atom. The summed E-state index contributed by atoms with van der Waals surface area (Å²) in [7, 11) is 1.77.